The van der Waals surface area contributed by atoms with E-state index in [-0.39, 0.29) is 21.7 Å². The standard InChI is InChI=1S/C58H68N4O/c1-38(2)28-39-26-27-59-52(29-39)62-50-23-19-18-22-48(50)49-25-24-46(36-51(49)62)63-47-31-41(40-20-16-15-17-21-40)30-44(35-47)60-37-61(54(58(12,13)14)53(60)57(9,10)11)45-33-42(55(3,4)5)32-43(34-45)56(6,7)8/h15-27,29-36,38H,28,37H2,1-14H3. The van der Waals surface area contributed by atoms with Gasteiger partial charge in [-0.3, -0.25) is 4.57 Å². The van der Waals surface area contributed by atoms with Gasteiger partial charge in [0, 0.05) is 62.7 Å². The average Bonchev–Trinajstić information content (AvgIpc) is 3.78. The molecule has 0 saturated carbocycles. The van der Waals surface area contributed by atoms with Gasteiger partial charge in [0.2, 0.25) is 0 Å². The molecule has 5 nitrogen and oxygen atoms in total. The van der Waals surface area contributed by atoms with Crippen molar-refractivity contribution < 1.29 is 4.74 Å². The molecule has 7 aromatic rings. The Bertz CT molecular complexity index is 2800. The van der Waals surface area contributed by atoms with Crippen LogP contribution in [-0.2, 0) is 17.3 Å². The second-order valence-electron chi connectivity index (χ2n) is 22.3. The van der Waals surface area contributed by atoms with E-state index in [9.17, 15) is 0 Å². The van der Waals surface area contributed by atoms with E-state index in [1.54, 1.807) is 0 Å². The van der Waals surface area contributed by atoms with Crippen molar-refractivity contribution in [1.29, 1.82) is 0 Å². The number of ether oxygens (including phenoxy) is 1. The minimum absolute atomic E-state index is 0.00414. The number of nitrogens with zero attached hydrogens (tertiary/aromatic N) is 4. The molecule has 0 amide bonds. The molecule has 1 aliphatic rings. The third-order valence-electron chi connectivity index (χ3n) is 12.3. The number of fused-ring (bicyclic) bond motifs is 3. The Balaban J connectivity index is 1.29. The zero-order valence-electron chi connectivity index (χ0n) is 40.3. The fourth-order valence-corrected chi connectivity index (χ4v) is 9.29. The summed E-state index contributed by atoms with van der Waals surface area (Å²) in [5.41, 5.74) is 13.1. The van der Waals surface area contributed by atoms with Gasteiger partial charge in [0.15, 0.2) is 0 Å². The molecule has 63 heavy (non-hydrogen) atoms. The first-order valence-corrected chi connectivity index (χ1v) is 22.9. The fraction of sp³-hybridized carbons (Fsp3) is 0.362. The molecule has 0 fully saturated rings. The Morgan fingerprint density at radius 1 is 0.524 bits per heavy atom. The third kappa shape index (κ3) is 8.90. The van der Waals surface area contributed by atoms with Gasteiger partial charge in [0.05, 0.1) is 17.7 Å². The molecule has 0 aliphatic carbocycles. The van der Waals surface area contributed by atoms with Crippen LogP contribution in [0.15, 0.2) is 139 Å². The first kappa shape index (κ1) is 43.8. The van der Waals surface area contributed by atoms with Crippen molar-refractivity contribution in [2.75, 3.05) is 16.5 Å². The lowest BCUT2D eigenvalue weighted by molar-refractivity contribution is 0.444. The number of allylic oxidation sites excluding steroid dienone is 2. The van der Waals surface area contributed by atoms with Gasteiger partial charge in [0.25, 0.3) is 0 Å². The van der Waals surface area contributed by atoms with Crippen LogP contribution < -0.4 is 14.5 Å². The summed E-state index contributed by atoms with van der Waals surface area (Å²) in [5.74, 6) is 3.04. The summed E-state index contributed by atoms with van der Waals surface area (Å²) in [4.78, 5) is 10.1. The maximum absolute atomic E-state index is 7.05. The van der Waals surface area contributed by atoms with Gasteiger partial charge in [-0.2, -0.15) is 0 Å². The number of para-hydroxylation sites is 1. The number of benzene rings is 5. The van der Waals surface area contributed by atoms with E-state index in [2.05, 4.69) is 233 Å². The minimum Gasteiger partial charge on any atom is -0.457 e. The van der Waals surface area contributed by atoms with Crippen molar-refractivity contribution in [3.8, 4) is 28.4 Å². The molecule has 3 heterocycles. The zero-order valence-corrected chi connectivity index (χ0v) is 40.3. The van der Waals surface area contributed by atoms with Crippen LogP contribution in [0.5, 0.6) is 11.5 Å². The van der Waals surface area contributed by atoms with Crippen LogP contribution in [0.3, 0.4) is 0 Å². The molecule has 8 rings (SSSR count). The molecule has 2 aromatic heterocycles. The molecular formula is C58H68N4O. The number of aromatic nitrogens is 2. The maximum atomic E-state index is 7.05. The lowest BCUT2D eigenvalue weighted by atomic mass is 9.79. The van der Waals surface area contributed by atoms with E-state index in [4.69, 9.17) is 9.72 Å². The average molecular weight is 837 g/mol. The monoisotopic (exact) mass is 837 g/mol. The highest BCUT2D eigenvalue weighted by Crippen LogP contribution is 2.50. The fourth-order valence-electron chi connectivity index (χ4n) is 9.29. The van der Waals surface area contributed by atoms with E-state index in [1.807, 2.05) is 6.20 Å². The van der Waals surface area contributed by atoms with E-state index in [1.165, 1.54) is 44.5 Å². The Hall–Kier alpha value is -5.81. The molecule has 0 unspecified atom stereocenters. The normalized spacial score (nSPS) is 14.2. The minimum atomic E-state index is -0.172. The number of hydrogen-bond acceptors (Lipinski definition) is 4. The molecule has 1 aliphatic heterocycles. The Kier molecular flexibility index (Phi) is 11.2. The Labute approximate surface area is 377 Å². The lowest BCUT2D eigenvalue weighted by Gasteiger charge is -2.35. The van der Waals surface area contributed by atoms with Crippen LogP contribution in [0.1, 0.15) is 114 Å². The number of anilines is 2. The van der Waals surface area contributed by atoms with Crippen LogP contribution in [0, 0.1) is 16.7 Å². The summed E-state index contributed by atoms with van der Waals surface area (Å²) in [5, 5.41) is 2.37. The van der Waals surface area contributed by atoms with Gasteiger partial charge in [-0.1, -0.05) is 152 Å². The molecule has 0 saturated heterocycles. The molecule has 0 radical (unpaired) electrons. The Morgan fingerprint density at radius 2 is 1.11 bits per heavy atom. The highest BCUT2D eigenvalue weighted by molar-refractivity contribution is 6.09. The van der Waals surface area contributed by atoms with Gasteiger partial charge < -0.3 is 14.5 Å². The summed E-state index contributed by atoms with van der Waals surface area (Å²) in [6.45, 7) is 33.3. The van der Waals surface area contributed by atoms with Crippen molar-refractivity contribution in [2.24, 2.45) is 16.7 Å². The summed E-state index contributed by atoms with van der Waals surface area (Å²) >= 11 is 0. The summed E-state index contributed by atoms with van der Waals surface area (Å²) in [6, 6.07) is 44.3. The van der Waals surface area contributed by atoms with Crippen LogP contribution in [0.4, 0.5) is 11.4 Å². The van der Waals surface area contributed by atoms with Crippen LogP contribution in [0.25, 0.3) is 38.8 Å². The summed E-state index contributed by atoms with van der Waals surface area (Å²) in [6.07, 6.45) is 2.95. The van der Waals surface area contributed by atoms with Gasteiger partial charge in [-0.25, -0.2) is 4.98 Å². The Morgan fingerprint density at radius 3 is 1.71 bits per heavy atom. The van der Waals surface area contributed by atoms with Crippen molar-refractivity contribution in [3.05, 3.63) is 156 Å². The predicted molar refractivity (Wildman–Crippen MR) is 269 cm³/mol. The number of pyridine rings is 1. The van der Waals surface area contributed by atoms with Crippen molar-refractivity contribution in [1.82, 2.24) is 9.55 Å². The molecule has 0 bridgehead atoms. The van der Waals surface area contributed by atoms with Crippen molar-refractivity contribution >= 4 is 33.2 Å². The summed E-state index contributed by atoms with van der Waals surface area (Å²) < 4.78 is 9.35. The smallest absolute Gasteiger partial charge is 0.137 e. The van der Waals surface area contributed by atoms with Crippen molar-refractivity contribution in [2.45, 2.75) is 114 Å². The molecule has 0 N–H and O–H groups in total. The van der Waals surface area contributed by atoms with Crippen LogP contribution in [-0.4, -0.2) is 16.2 Å². The van der Waals surface area contributed by atoms with Gasteiger partial charge in [0.1, 0.15) is 17.3 Å². The molecule has 5 heteroatoms. The molecule has 0 atom stereocenters. The second-order valence-corrected chi connectivity index (χ2v) is 22.3. The first-order chi connectivity index (χ1) is 29.6. The zero-order chi connectivity index (χ0) is 45.2. The maximum Gasteiger partial charge on any atom is 0.137 e. The lowest BCUT2D eigenvalue weighted by Crippen LogP contribution is -2.32. The molecular weight excluding hydrogens is 769 g/mol. The topological polar surface area (TPSA) is 33.5 Å². The SMILES string of the molecule is CC(C)Cc1ccnc(-n2c3ccccc3c3ccc(Oc4cc(-c5ccccc5)cc(N5CN(c6cc(C(C)(C)C)cc(C(C)(C)C)c6)C(C(C)(C)C)=C5C(C)(C)C)c4)cc32)c1. The largest absolute Gasteiger partial charge is 0.457 e. The third-order valence-corrected chi connectivity index (χ3v) is 12.3. The first-order valence-electron chi connectivity index (χ1n) is 22.9. The van der Waals surface area contributed by atoms with Crippen molar-refractivity contribution in [3.63, 3.8) is 0 Å². The summed E-state index contributed by atoms with van der Waals surface area (Å²) in [7, 11) is 0. The van der Waals surface area contributed by atoms with Crippen LogP contribution in [0.2, 0.25) is 0 Å². The van der Waals surface area contributed by atoms with E-state index >= 15 is 0 Å². The quantitative estimate of drug-likeness (QED) is 0.153. The molecule has 0 spiro atoms. The highest BCUT2D eigenvalue weighted by atomic mass is 16.5. The highest BCUT2D eigenvalue weighted by Gasteiger charge is 2.42. The van der Waals surface area contributed by atoms with E-state index < -0.39 is 0 Å². The predicted octanol–water partition coefficient (Wildman–Crippen LogP) is 16.0. The second kappa shape index (κ2) is 16.1. The molecule has 5 aromatic carbocycles. The van der Waals surface area contributed by atoms with Gasteiger partial charge >= 0.3 is 0 Å². The molecule has 326 valence electrons. The van der Waals surface area contributed by atoms with Gasteiger partial charge in [-0.05, 0) is 106 Å². The van der Waals surface area contributed by atoms with E-state index in [0.717, 1.165) is 51.6 Å². The number of rotatable bonds is 8. The van der Waals surface area contributed by atoms with E-state index in [0.29, 0.717) is 12.6 Å². The van der Waals surface area contributed by atoms with Gasteiger partial charge in [-0.15, -0.1) is 0 Å². The number of hydrogen-bond donors (Lipinski definition) is 0. The van der Waals surface area contributed by atoms with Crippen LogP contribution >= 0.6 is 0 Å².